The van der Waals surface area contributed by atoms with Crippen LogP contribution in [0.2, 0.25) is 0 Å². The molecule has 2 aromatic rings. The van der Waals surface area contributed by atoms with Crippen molar-refractivity contribution in [2.24, 2.45) is 0 Å². The summed E-state index contributed by atoms with van der Waals surface area (Å²) < 4.78 is 85.4. The molecule has 0 spiro atoms. The van der Waals surface area contributed by atoms with Crippen molar-refractivity contribution in [3.8, 4) is 22.6 Å². The molecule has 0 fully saturated rings. The number of hydrogen-bond donors (Lipinski definition) is 0. The minimum atomic E-state index is -5.01. The van der Waals surface area contributed by atoms with Gasteiger partial charge in [-0.3, -0.25) is 4.68 Å². The Morgan fingerprint density at radius 2 is 1.67 bits per heavy atom. The van der Waals surface area contributed by atoms with Crippen LogP contribution in [0.5, 0.6) is 0 Å². The number of nitrogens with zero attached hydrogens (tertiary/aromatic N) is 5. The first kappa shape index (κ1) is 20.3. The van der Waals surface area contributed by atoms with Gasteiger partial charge < -0.3 is 4.52 Å². The molecule has 4 rings (SSSR count). The maximum absolute atomic E-state index is 13.3. The highest BCUT2D eigenvalue weighted by Crippen LogP contribution is 2.40. The Morgan fingerprint density at radius 3 is 2.37 bits per heavy atom. The van der Waals surface area contributed by atoms with Crippen LogP contribution in [0.25, 0.3) is 22.6 Å². The van der Waals surface area contributed by atoms with E-state index in [0.29, 0.717) is 22.2 Å². The second-order valence-electron chi connectivity index (χ2n) is 6.17. The van der Waals surface area contributed by atoms with Gasteiger partial charge in [-0.05, 0) is 28.1 Å². The summed E-state index contributed by atoms with van der Waals surface area (Å²) in [6.07, 6.45) is -6.93. The van der Waals surface area contributed by atoms with Gasteiger partial charge in [0.05, 0.1) is 23.5 Å². The number of rotatable bonds is 3. The third kappa shape index (κ3) is 4.01. The van der Waals surface area contributed by atoms with Crippen LogP contribution >= 0.6 is 15.9 Å². The largest absolute Gasteiger partial charge is 0.417 e. The molecule has 0 saturated heterocycles. The van der Waals surface area contributed by atoms with E-state index in [1.807, 2.05) is 0 Å². The summed E-state index contributed by atoms with van der Waals surface area (Å²) >= 11 is 3.14. The Morgan fingerprint density at radius 1 is 0.933 bits per heavy atom. The standard InChI is InChI=1S/C17H8BrF6N5O/c18-15-26-13-5-25-29(7-14(13)27-15)6-9-4-12(28-30-9)10-2-1-8(16(19,20)21)3-11(10)17(22,23)24/h1-5,7H,6H2. The smallest absolute Gasteiger partial charge is 0.359 e. The van der Waals surface area contributed by atoms with Crippen molar-refractivity contribution in [3.05, 3.63) is 58.3 Å². The average Bonchev–Trinajstić information content (AvgIpc) is 3.25. The zero-order chi connectivity index (χ0) is 21.7. The maximum Gasteiger partial charge on any atom is 0.417 e. The van der Waals surface area contributed by atoms with Crippen LogP contribution in [0.4, 0.5) is 26.3 Å². The molecule has 0 bridgehead atoms. The number of halogens is 7. The Hall–Kier alpha value is -2.96. The van der Waals surface area contributed by atoms with Crippen molar-refractivity contribution < 1.29 is 30.9 Å². The van der Waals surface area contributed by atoms with Crippen molar-refractivity contribution >= 4 is 15.9 Å². The predicted molar refractivity (Wildman–Crippen MR) is 93.2 cm³/mol. The second kappa shape index (κ2) is 7.07. The molecule has 0 unspecified atom stereocenters. The van der Waals surface area contributed by atoms with Gasteiger partial charge in [-0.25, -0.2) is 9.97 Å². The molecule has 156 valence electrons. The number of alkyl halides is 6. The van der Waals surface area contributed by atoms with Gasteiger partial charge >= 0.3 is 12.4 Å². The SMILES string of the molecule is FC(F)(F)c1ccc(-c2cc(Cn3cc4nc(Br)nc-4cn3)on2)c(C(F)(F)F)c1. The van der Waals surface area contributed by atoms with Crippen LogP contribution in [0.15, 0.2) is 45.9 Å². The van der Waals surface area contributed by atoms with E-state index in [-0.39, 0.29) is 24.1 Å². The van der Waals surface area contributed by atoms with Crippen LogP contribution in [-0.2, 0) is 18.9 Å². The Kier molecular flexibility index (Phi) is 4.79. The zero-order valence-electron chi connectivity index (χ0n) is 14.5. The molecule has 1 aromatic heterocycles. The Labute approximate surface area is 172 Å². The van der Waals surface area contributed by atoms with Crippen LogP contribution in [-0.4, -0.2) is 24.9 Å². The lowest BCUT2D eigenvalue weighted by atomic mass is 10.0. The van der Waals surface area contributed by atoms with Gasteiger partial charge in [0.2, 0.25) is 0 Å². The molecule has 6 nitrogen and oxygen atoms in total. The summed E-state index contributed by atoms with van der Waals surface area (Å²) in [6.45, 7) is 0.00933. The normalized spacial score (nSPS) is 12.6. The molecular formula is C17H8BrF6N5O. The van der Waals surface area contributed by atoms with Gasteiger partial charge in [0.25, 0.3) is 0 Å². The maximum atomic E-state index is 13.3. The van der Waals surface area contributed by atoms with Crippen molar-refractivity contribution in [3.63, 3.8) is 0 Å². The van der Waals surface area contributed by atoms with Gasteiger partial charge in [-0.2, -0.15) is 31.4 Å². The van der Waals surface area contributed by atoms with E-state index >= 15 is 0 Å². The predicted octanol–water partition coefficient (Wildman–Crippen LogP) is 5.28. The molecule has 3 heterocycles. The third-order valence-electron chi connectivity index (χ3n) is 4.09. The molecule has 0 aliphatic carbocycles. The quantitative estimate of drug-likeness (QED) is 0.364. The molecule has 2 aliphatic rings. The monoisotopic (exact) mass is 491 g/mol. The van der Waals surface area contributed by atoms with Gasteiger partial charge in [-0.1, -0.05) is 11.2 Å². The second-order valence-corrected chi connectivity index (χ2v) is 6.88. The van der Waals surface area contributed by atoms with Gasteiger partial charge in [-0.15, -0.1) is 0 Å². The van der Waals surface area contributed by atoms with Gasteiger partial charge in [0, 0.05) is 11.6 Å². The molecule has 0 amide bonds. The van der Waals surface area contributed by atoms with Gasteiger partial charge in [0.1, 0.15) is 23.6 Å². The van der Waals surface area contributed by atoms with Crippen molar-refractivity contribution in [1.82, 2.24) is 24.9 Å². The molecule has 2 aliphatic heterocycles. The fourth-order valence-electron chi connectivity index (χ4n) is 2.77. The molecular weight excluding hydrogens is 484 g/mol. The molecule has 1 aromatic carbocycles. The summed E-state index contributed by atoms with van der Waals surface area (Å²) in [7, 11) is 0. The fraction of sp³-hybridized carbons (Fsp3) is 0.176. The topological polar surface area (TPSA) is 69.6 Å². The van der Waals surface area contributed by atoms with Gasteiger partial charge in [0.15, 0.2) is 10.5 Å². The van der Waals surface area contributed by atoms with Crippen molar-refractivity contribution in [2.75, 3.05) is 0 Å². The third-order valence-corrected chi connectivity index (χ3v) is 4.45. The average molecular weight is 492 g/mol. The summed E-state index contributed by atoms with van der Waals surface area (Å²) in [5.74, 6) is 0.147. The van der Waals surface area contributed by atoms with E-state index in [2.05, 4.69) is 36.2 Å². The number of fused-ring (bicyclic) bond motifs is 1. The minimum Gasteiger partial charge on any atom is -0.359 e. The van der Waals surface area contributed by atoms with Crippen LogP contribution in [0.1, 0.15) is 16.9 Å². The number of imidazole rings is 1. The van der Waals surface area contributed by atoms with E-state index in [9.17, 15) is 26.3 Å². The van der Waals surface area contributed by atoms with E-state index in [4.69, 9.17) is 4.52 Å². The number of aromatic nitrogens is 5. The minimum absolute atomic E-state index is 0.00933. The van der Waals surface area contributed by atoms with Crippen LogP contribution in [0.3, 0.4) is 0 Å². The molecule has 30 heavy (non-hydrogen) atoms. The summed E-state index contributed by atoms with van der Waals surface area (Å²) in [5.41, 5.74) is -2.57. The van der Waals surface area contributed by atoms with Crippen molar-refractivity contribution in [1.29, 1.82) is 0 Å². The first-order valence-corrected chi connectivity index (χ1v) is 8.90. The van der Waals surface area contributed by atoms with E-state index in [1.54, 1.807) is 6.20 Å². The van der Waals surface area contributed by atoms with Crippen LogP contribution in [0, 0.1) is 0 Å². The lowest BCUT2D eigenvalue weighted by Gasteiger charge is -2.14. The first-order chi connectivity index (χ1) is 14.0. The number of hydrogen-bond acceptors (Lipinski definition) is 5. The van der Waals surface area contributed by atoms with E-state index in [1.165, 1.54) is 16.9 Å². The Bertz CT molecular complexity index is 1180. The molecule has 0 radical (unpaired) electrons. The lowest BCUT2D eigenvalue weighted by Crippen LogP contribution is -2.12. The highest BCUT2D eigenvalue weighted by molar-refractivity contribution is 9.10. The molecule has 13 heteroatoms. The first-order valence-electron chi connectivity index (χ1n) is 8.11. The molecule has 0 saturated carbocycles. The number of benzene rings is 1. The zero-order valence-corrected chi connectivity index (χ0v) is 16.0. The highest BCUT2D eigenvalue weighted by atomic mass is 79.9. The van der Waals surface area contributed by atoms with E-state index < -0.39 is 29.0 Å². The van der Waals surface area contributed by atoms with Crippen LogP contribution < -0.4 is 0 Å². The summed E-state index contributed by atoms with van der Waals surface area (Å²) in [4.78, 5) is 8.19. The molecule has 0 atom stereocenters. The summed E-state index contributed by atoms with van der Waals surface area (Å²) in [5, 5.41) is 7.68. The Balaban J connectivity index is 1.67. The summed E-state index contributed by atoms with van der Waals surface area (Å²) in [6, 6.07) is 2.56. The van der Waals surface area contributed by atoms with Crippen molar-refractivity contribution in [2.45, 2.75) is 18.9 Å². The fourth-order valence-corrected chi connectivity index (χ4v) is 3.15. The van der Waals surface area contributed by atoms with E-state index in [0.717, 1.165) is 6.07 Å². The lowest BCUT2D eigenvalue weighted by molar-refractivity contribution is -0.142. The molecule has 0 N–H and O–H groups in total. The highest BCUT2D eigenvalue weighted by Gasteiger charge is 2.38.